The van der Waals surface area contributed by atoms with Crippen LogP contribution in [0, 0.1) is 5.92 Å². The zero-order valence-electron chi connectivity index (χ0n) is 10.8. The molecule has 6 heteroatoms. The van der Waals surface area contributed by atoms with Crippen LogP contribution in [0.1, 0.15) is 26.2 Å². The summed E-state index contributed by atoms with van der Waals surface area (Å²) in [6.07, 6.45) is 2.34. The van der Waals surface area contributed by atoms with Crippen LogP contribution in [-0.4, -0.2) is 64.8 Å². The molecule has 18 heavy (non-hydrogen) atoms. The maximum absolute atomic E-state index is 12.1. The van der Waals surface area contributed by atoms with Crippen LogP contribution in [0.5, 0.6) is 0 Å². The highest BCUT2D eigenvalue weighted by molar-refractivity contribution is 5.80. The monoisotopic (exact) mass is 258 g/mol. The van der Waals surface area contributed by atoms with E-state index in [9.17, 15) is 9.59 Å². The van der Waals surface area contributed by atoms with Crippen LogP contribution in [0.3, 0.4) is 0 Å². The SMILES string of the molecule is CCCN(CC(=O)O)C(=O)N1CCC(CCO)C1. The Kier molecular flexibility index (Phi) is 5.91. The summed E-state index contributed by atoms with van der Waals surface area (Å²) >= 11 is 0. The largest absolute Gasteiger partial charge is 0.480 e. The molecule has 1 atom stereocenters. The predicted octanol–water partition coefficient (Wildman–Crippen LogP) is 0.607. The third-order valence-electron chi connectivity index (χ3n) is 3.18. The van der Waals surface area contributed by atoms with E-state index in [-0.39, 0.29) is 19.2 Å². The number of hydrogen-bond donors (Lipinski definition) is 2. The van der Waals surface area contributed by atoms with E-state index in [1.54, 1.807) is 4.90 Å². The van der Waals surface area contributed by atoms with Crippen molar-refractivity contribution < 1.29 is 19.8 Å². The molecule has 1 saturated heterocycles. The van der Waals surface area contributed by atoms with Gasteiger partial charge in [0.05, 0.1) is 0 Å². The van der Waals surface area contributed by atoms with Crippen molar-refractivity contribution in [2.75, 3.05) is 32.8 Å². The van der Waals surface area contributed by atoms with Gasteiger partial charge in [-0.2, -0.15) is 0 Å². The molecule has 1 heterocycles. The molecule has 0 aliphatic carbocycles. The van der Waals surface area contributed by atoms with Crippen molar-refractivity contribution in [1.82, 2.24) is 9.80 Å². The predicted molar refractivity (Wildman–Crippen MR) is 66.3 cm³/mol. The normalized spacial score (nSPS) is 19.0. The second-order valence-electron chi connectivity index (χ2n) is 4.71. The smallest absolute Gasteiger partial charge is 0.323 e. The average molecular weight is 258 g/mol. The molecule has 1 aliphatic heterocycles. The minimum absolute atomic E-state index is 0.139. The van der Waals surface area contributed by atoms with Gasteiger partial charge in [-0.3, -0.25) is 4.79 Å². The molecule has 104 valence electrons. The van der Waals surface area contributed by atoms with Crippen molar-refractivity contribution in [2.24, 2.45) is 5.92 Å². The summed E-state index contributed by atoms with van der Waals surface area (Å²) in [5, 5.41) is 17.7. The molecule has 0 aromatic rings. The van der Waals surface area contributed by atoms with Gasteiger partial charge in [-0.25, -0.2) is 4.79 Å². The Hall–Kier alpha value is -1.30. The topological polar surface area (TPSA) is 81.1 Å². The van der Waals surface area contributed by atoms with Gasteiger partial charge >= 0.3 is 12.0 Å². The van der Waals surface area contributed by atoms with Gasteiger partial charge in [-0.05, 0) is 25.2 Å². The van der Waals surface area contributed by atoms with Crippen LogP contribution in [-0.2, 0) is 4.79 Å². The molecule has 0 aromatic carbocycles. The first-order chi connectivity index (χ1) is 8.58. The molecule has 0 radical (unpaired) electrons. The summed E-state index contributed by atoms with van der Waals surface area (Å²) in [6.45, 7) is 3.56. The zero-order chi connectivity index (χ0) is 13.5. The number of urea groups is 1. The van der Waals surface area contributed by atoms with Crippen LogP contribution < -0.4 is 0 Å². The second kappa shape index (κ2) is 7.20. The summed E-state index contributed by atoms with van der Waals surface area (Å²) in [4.78, 5) is 25.9. The van der Waals surface area contributed by atoms with Gasteiger partial charge in [0.25, 0.3) is 0 Å². The number of carboxylic acids is 1. The van der Waals surface area contributed by atoms with Crippen molar-refractivity contribution in [3.05, 3.63) is 0 Å². The van der Waals surface area contributed by atoms with E-state index in [1.807, 2.05) is 6.92 Å². The molecule has 0 bridgehead atoms. The van der Waals surface area contributed by atoms with Gasteiger partial charge in [0.1, 0.15) is 6.54 Å². The van der Waals surface area contributed by atoms with Crippen molar-refractivity contribution in [3.63, 3.8) is 0 Å². The Morgan fingerprint density at radius 2 is 2.17 bits per heavy atom. The molecular formula is C12H22N2O4. The summed E-state index contributed by atoms with van der Waals surface area (Å²) in [6, 6.07) is -0.195. The maximum Gasteiger partial charge on any atom is 0.323 e. The Balaban J connectivity index is 2.52. The molecule has 6 nitrogen and oxygen atoms in total. The zero-order valence-corrected chi connectivity index (χ0v) is 10.8. The Morgan fingerprint density at radius 3 is 2.72 bits per heavy atom. The Morgan fingerprint density at radius 1 is 1.44 bits per heavy atom. The van der Waals surface area contributed by atoms with E-state index in [0.29, 0.717) is 32.0 Å². The maximum atomic E-state index is 12.1. The Labute approximate surface area is 107 Å². The molecule has 0 spiro atoms. The number of likely N-dealkylation sites (tertiary alicyclic amines) is 1. The summed E-state index contributed by atoms with van der Waals surface area (Å²) < 4.78 is 0. The molecule has 2 N–H and O–H groups in total. The lowest BCUT2D eigenvalue weighted by Gasteiger charge is -2.26. The number of carboxylic acid groups (broad SMARTS) is 1. The van der Waals surface area contributed by atoms with Gasteiger partial charge in [-0.1, -0.05) is 6.92 Å². The van der Waals surface area contributed by atoms with Crippen LogP contribution >= 0.6 is 0 Å². The molecule has 2 amide bonds. The van der Waals surface area contributed by atoms with Crippen molar-refractivity contribution in [1.29, 1.82) is 0 Å². The molecule has 1 rings (SSSR count). The number of aliphatic hydroxyl groups excluding tert-OH is 1. The van der Waals surface area contributed by atoms with Gasteiger partial charge in [0, 0.05) is 26.2 Å². The fraction of sp³-hybridized carbons (Fsp3) is 0.833. The standard InChI is InChI=1S/C12H22N2O4/c1-2-5-13(9-11(16)17)12(18)14-6-3-10(8-14)4-7-15/h10,15H,2-9H2,1H3,(H,16,17). The number of rotatable bonds is 6. The molecular weight excluding hydrogens is 236 g/mol. The van der Waals surface area contributed by atoms with Gasteiger partial charge in [0.2, 0.25) is 0 Å². The number of nitrogens with zero attached hydrogens (tertiary/aromatic N) is 2. The number of aliphatic hydroxyl groups is 1. The fourth-order valence-electron chi connectivity index (χ4n) is 2.30. The van der Waals surface area contributed by atoms with E-state index in [1.165, 1.54) is 4.90 Å². The van der Waals surface area contributed by atoms with Crippen LogP contribution in [0.4, 0.5) is 4.79 Å². The lowest BCUT2D eigenvalue weighted by atomic mass is 10.1. The van der Waals surface area contributed by atoms with Gasteiger partial charge in [-0.15, -0.1) is 0 Å². The average Bonchev–Trinajstić information content (AvgIpc) is 2.76. The highest BCUT2D eigenvalue weighted by atomic mass is 16.4. The number of carbonyl (C=O) groups excluding carboxylic acids is 1. The van der Waals surface area contributed by atoms with E-state index >= 15 is 0 Å². The molecule has 1 unspecified atom stereocenters. The minimum Gasteiger partial charge on any atom is -0.480 e. The van der Waals surface area contributed by atoms with E-state index < -0.39 is 5.97 Å². The number of hydrogen-bond acceptors (Lipinski definition) is 3. The van der Waals surface area contributed by atoms with E-state index in [4.69, 9.17) is 10.2 Å². The first kappa shape index (κ1) is 14.8. The second-order valence-corrected chi connectivity index (χ2v) is 4.71. The van der Waals surface area contributed by atoms with Gasteiger partial charge in [0.15, 0.2) is 0 Å². The van der Waals surface area contributed by atoms with Gasteiger partial charge < -0.3 is 20.0 Å². The molecule has 1 fully saturated rings. The highest BCUT2D eigenvalue weighted by Crippen LogP contribution is 2.20. The first-order valence-corrected chi connectivity index (χ1v) is 6.45. The summed E-state index contributed by atoms with van der Waals surface area (Å²) in [5.41, 5.74) is 0. The number of aliphatic carboxylic acids is 1. The quantitative estimate of drug-likeness (QED) is 0.731. The third kappa shape index (κ3) is 4.18. The Bertz CT molecular complexity index is 296. The lowest BCUT2D eigenvalue weighted by Crippen LogP contribution is -2.44. The van der Waals surface area contributed by atoms with E-state index in [0.717, 1.165) is 12.8 Å². The van der Waals surface area contributed by atoms with Crippen molar-refractivity contribution in [3.8, 4) is 0 Å². The first-order valence-electron chi connectivity index (χ1n) is 6.45. The lowest BCUT2D eigenvalue weighted by molar-refractivity contribution is -0.137. The van der Waals surface area contributed by atoms with Crippen molar-refractivity contribution in [2.45, 2.75) is 26.2 Å². The molecule has 0 saturated carbocycles. The van der Waals surface area contributed by atoms with E-state index in [2.05, 4.69) is 0 Å². The summed E-state index contributed by atoms with van der Waals surface area (Å²) in [5.74, 6) is -0.643. The summed E-state index contributed by atoms with van der Waals surface area (Å²) in [7, 11) is 0. The van der Waals surface area contributed by atoms with Crippen molar-refractivity contribution >= 4 is 12.0 Å². The minimum atomic E-state index is -0.983. The fourth-order valence-corrected chi connectivity index (χ4v) is 2.30. The van der Waals surface area contributed by atoms with Crippen LogP contribution in [0.15, 0.2) is 0 Å². The number of amides is 2. The van der Waals surface area contributed by atoms with Crippen LogP contribution in [0.2, 0.25) is 0 Å². The third-order valence-corrected chi connectivity index (χ3v) is 3.18. The molecule has 1 aliphatic rings. The molecule has 0 aromatic heterocycles. The number of carbonyl (C=O) groups is 2. The highest BCUT2D eigenvalue weighted by Gasteiger charge is 2.29. The van der Waals surface area contributed by atoms with Crippen LogP contribution in [0.25, 0.3) is 0 Å².